The third-order valence-electron chi connectivity index (χ3n) is 0. The van der Waals surface area contributed by atoms with Crippen LogP contribution in [0.2, 0.25) is 0 Å². The van der Waals surface area contributed by atoms with E-state index in [1.54, 1.807) is 0 Å². The molecule has 0 aliphatic carbocycles. The van der Waals surface area contributed by atoms with Crippen molar-refractivity contribution < 1.29 is 257 Å². The summed E-state index contributed by atoms with van der Waals surface area (Å²) in [5.41, 5.74) is 0. The maximum Gasteiger partial charge on any atom is 3.00 e. The fraction of sp³-hybridized carbons (Fsp3) is 0. The third kappa shape index (κ3) is 368. The molecule has 22 heavy (non-hydrogen) atoms. The summed E-state index contributed by atoms with van der Waals surface area (Å²) in [4.78, 5) is 76.9. The molecule has 0 saturated heterocycles. The number of phosphoric acid groups is 3. The van der Waals surface area contributed by atoms with Crippen LogP contribution in [-0.4, -0.2) is 0 Å². The second kappa shape index (κ2) is 32.7. The molecule has 0 amide bonds. The summed E-state index contributed by atoms with van der Waals surface area (Å²) in [5.74, 6) is 0. The van der Waals surface area contributed by atoms with Gasteiger partial charge in [0, 0.05) is 0 Å². The molecule has 0 heterocycles. The summed E-state index contributed by atoms with van der Waals surface area (Å²) in [6.45, 7) is 0. The Morgan fingerprint density at radius 3 is 0.364 bits per heavy atom. The first-order valence-corrected chi connectivity index (χ1v) is 6.57. The Morgan fingerprint density at radius 1 is 0.364 bits per heavy atom. The van der Waals surface area contributed by atoms with Crippen LogP contribution >= 0.6 is 23.5 Å². The van der Waals surface area contributed by atoms with Crippen LogP contribution in [0.1, 0.15) is 0 Å². The van der Waals surface area contributed by atoms with Gasteiger partial charge in [0.25, 0.3) is 0 Å². The fourth-order valence-electron chi connectivity index (χ4n) is 0. The van der Waals surface area contributed by atoms with E-state index >= 15 is 0 Å². The van der Waals surface area contributed by atoms with Crippen LogP contribution < -0.4 is 221 Å². The Hall–Kier alpha value is 7.07. The zero-order valence-electron chi connectivity index (χ0n) is 12.5. The summed E-state index contributed by atoms with van der Waals surface area (Å²) in [6, 6.07) is 0. The predicted octanol–water partition coefficient (Wildman–Crippen LogP) is -26.5. The standard InChI is InChI=1S/Au.6Na.3H3O4P/c;;;;;;;3*1-5(2,3)4/h;;;;;;;3*(H3,1,2,3,4)/q+3;6*+1;;;/p-9. The molecule has 22 heteroatoms. The molecule has 0 atom stereocenters. The van der Waals surface area contributed by atoms with Gasteiger partial charge in [-0.3, -0.25) is 0 Å². The minimum atomic E-state index is -5.39. The van der Waals surface area contributed by atoms with Crippen molar-refractivity contribution in [3.8, 4) is 0 Å². The largest absolute Gasteiger partial charge is 3.00 e. The van der Waals surface area contributed by atoms with E-state index in [0.29, 0.717) is 0 Å². The number of hydrogen-bond acceptors (Lipinski definition) is 12. The van der Waals surface area contributed by atoms with E-state index in [1.807, 2.05) is 0 Å². The van der Waals surface area contributed by atoms with Gasteiger partial charge in [0.2, 0.25) is 0 Å². The first-order valence-electron chi connectivity index (χ1n) is 2.19. The molecule has 0 spiro atoms. The smallest absolute Gasteiger partial charge is 0.822 e. The van der Waals surface area contributed by atoms with E-state index in [9.17, 15) is 0 Å². The third-order valence-corrected chi connectivity index (χ3v) is 0. The second-order valence-electron chi connectivity index (χ2n) is 1.34. The summed E-state index contributed by atoms with van der Waals surface area (Å²) in [6.07, 6.45) is 0. The molecule has 0 N–H and O–H groups in total. The Morgan fingerprint density at radius 2 is 0.364 bits per heavy atom. The van der Waals surface area contributed by atoms with Gasteiger partial charge in [0.05, 0.1) is 0 Å². The van der Waals surface area contributed by atoms with E-state index in [1.165, 1.54) is 0 Å². The van der Waals surface area contributed by atoms with Gasteiger partial charge in [0.15, 0.2) is 0 Å². The van der Waals surface area contributed by atoms with E-state index in [4.69, 9.17) is 57.7 Å². The Labute approximate surface area is 274 Å². The molecule has 0 aromatic heterocycles. The molecule has 0 aliphatic rings. The zero-order valence-corrected chi connectivity index (χ0v) is 29.4. The first kappa shape index (κ1) is 63.0. The van der Waals surface area contributed by atoms with Crippen LogP contribution in [0.3, 0.4) is 0 Å². The molecule has 0 aliphatic heterocycles. The van der Waals surface area contributed by atoms with E-state index in [0.717, 1.165) is 0 Å². The second-order valence-corrected chi connectivity index (χ2v) is 4.02. The molecule has 0 radical (unpaired) electrons. The molecule has 104 valence electrons. The van der Waals surface area contributed by atoms with Gasteiger partial charge in [-0.15, -0.1) is 0 Å². The first-order chi connectivity index (χ1) is 6.00. The summed E-state index contributed by atoms with van der Waals surface area (Å²) in [5, 5.41) is 0. The Balaban J connectivity index is -0.0000000106. The van der Waals surface area contributed by atoms with Gasteiger partial charge in [-0.2, -0.15) is 23.5 Å². The van der Waals surface area contributed by atoms with E-state index < -0.39 is 23.5 Å². The molecule has 0 aromatic carbocycles. The number of rotatable bonds is 0. The minimum absolute atomic E-state index is 0. The maximum absolute atomic E-state index is 8.55. The summed E-state index contributed by atoms with van der Waals surface area (Å²) >= 11 is 0. The van der Waals surface area contributed by atoms with Crippen LogP contribution in [0.25, 0.3) is 0 Å². The molecule has 0 rings (SSSR count). The zero-order chi connectivity index (χ0) is 13.5. The molecular weight excluding hydrogens is 620 g/mol. The Bertz CT molecular complexity index is 221. The van der Waals surface area contributed by atoms with Gasteiger partial charge in [0.1, 0.15) is 0 Å². The van der Waals surface area contributed by atoms with Crippen LogP contribution in [0, 0.1) is 0 Å². The van der Waals surface area contributed by atoms with Crippen LogP contribution in [0.5, 0.6) is 0 Å². The van der Waals surface area contributed by atoms with Crippen molar-refractivity contribution >= 4 is 23.5 Å². The van der Waals surface area contributed by atoms with Crippen LogP contribution in [0.15, 0.2) is 0 Å². The fourth-order valence-corrected chi connectivity index (χ4v) is 0. The topological polar surface area (TPSA) is 259 Å². The molecule has 0 aromatic rings. The van der Waals surface area contributed by atoms with E-state index in [-0.39, 0.29) is 200 Å². The van der Waals surface area contributed by atoms with Crippen molar-refractivity contribution in [1.29, 1.82) is 0 Å². The predicted molar refractivity (Wildman–Crippen MR) is 22.8 cm³/mol. The average molecular weight is 620 g/mol. The van der Waals surface area contributed by atoms with Crippen molar-refractivity contribution in [2.45, 2.75) is 0 Å². The van der Waals surface area contributed by atoms with Crippen molar-refractivity contribution in [2.24, 2.45) is 0 Å². The van der Waals surface area contributed by atoms with Gasteiger partial charge in [-0.25, -0.2) is 0 Å². The Kier molecular flexibility index (Phi) is 93.7. The average Bonchev–Trinajstić information content (AvgIpc) is 1.41. The van der Waals surface area contributed by atoms with Gasteiger partial charge < -0.3 is 57.7 Å². The van der Waals surface area contributed by atoms with Crippen molar-refractivity contribution in [1.82, 2.24) is 0 Å². The number of hydrogen-bond donors (Lipinski definition) is 0. The minimum Gasteiger partial charge on any atom is -0.822 e. The molecule has 0 fully saturated rings. The van der Waals surface area contributed by atoms with Gasteiger partial charge >= 0.3 is 200 Å². The van der Waals surface area contributed by atoms with Crippen LogP contribution in [0.4, 0.5) is 0 Å². The molecule has 0 saturated carbocycles. The molecule has 0 bridgehead atoms. The van der Waals surface area contributed by atoms with Crippen molar-refractivity contribution in [3.05, 3.63) is 0 Å². The van der Waals surface area contributed by atoms with Gasteiger partial charge in [-0.05, 0) is 0 Å². The monoisotopic (exact) mass is 620 g/mol. The quantitative estimate of drug-likeness (QED) is 0.181. The van der Waals surface area contributed by atoms with Gasteiger partial charge in [-0.1, -0.05) is 0 Å². The van der Waals surface area contributed by atoms with Crippen molar-refractivity contribution in [2.75, 3.05) is 0 Å². The van der Waals surface area contributed by atoms with Crippen LogP contribution in [-0.2, 0) is 36.1 Å². The van der Waals surface area contributed by atoms with E-state index in [2.05, 4.69) is 0 Å². The maximum atomic E-state index is 8.55. The molecule has 12 nitrogen and oxygen atoms in total. The summed E-state index contributed by atoms with van der Waals surface area (Å²) in [7, 11) is -16.2. The normalized spacial score (nSPS) is 8.05. The SMILES string of the molecule is O=P([O-])([O-])[O-].O=P([O-])([O-])[O-].O=P([O-])([O-])[O-].[Au+3].[Na+].[Na+].[Na+].[Na+].[Na+].[Na+]. The summed E-state index contributed by atoms with van der Waals surface area (Å²) < 4.78 is 25.6. The molecule has 0 unspecified atom stereocenters. The van der Waals surface area contributed by atoms with Crippen molar-refractivity contribution in [3.63, 3.8) is 0 Å². The molecular formula is AuNa6O12P3.